The minimum atomic E-state index is -1.19. The van der Waals surface area contributed by atoms with Crippen molar-refractivity contribution in [3.63, 3.8) is 0 Å². The molecule has 1 heterocycles. The van der Waals surface area contributed by atoms with Gasteiger partial charge in [0.25, 0.3) is 11.8 Å². The summed E-state index contributed by atoms with van der Waals surface area (Å²) in [7, 11) is 0. The Balaban J connectivity index is 1.87. The van der Waals surface area contributed by atoms with E-state index in [1.807, 2.05) is 4.90 Å². The fourth-order valence-corrected chi connectivity index (χ4v) is 2.42. The molecule has 118 valence electrons. The smallest absolute Gasteiger partial charge is 0.336 e. The topological polar surface area (TPSA) is 98.7 Å². The standard InChI is InChI=1S/C15H19N3O4/c19-13(10-18-8-4-1-5-9-18)16-17-14(20)11-6-2-3-7-12(11)15(21)22/h2-3,6-7H,1,4-5,8-10H2,(H,16,19)(H,17,20)(H,21,22). The molecule has 0 aliphatic carbocycles. The first kappa shape index (κ1) is 16.0. The first-order valence-electron chi connectivity index (χ1n) is 7.22. The van der Waals surface area contributed by atoms with Crippen molar-refractivity contribution >= 4 is 17.8 Å². The van der Waals surface area contributed by atoms with Crippen LogP contribution in [0.1, 0.15) is 40.0 Å². The Hall–Kier alpha value is -2.41. The van der Waals surface area contributed by atoms with E-state index in [-0.39, 0.29) is 23.6 Å². The van der Waals surface area contributed by atoms with Crippen molar-refractivity contribution in [1.82, 2.24) is 15.8 Å². The van der Waals surface area contributed by atoms with Crippen molar-refractivity contribution in [2.75, 3.05) is 19.6 Å². The Morgan fingerprint density at radius 2 is 1.64 bits per heavy atom. The molecule has 7 heteroatoms. The molecule has 1 aromatic rings. The molecule has 2 amide bonds. The monoisotopic (exact) mass is 305 g/mol. The fraction of sp³-hybridized carbons (Fsp3) is 0.400. The number of hydrogen-bond donors (Lipinski definition) is 3. The number of nitrogens with one attached hydrogen (secondary N) is 2. The van der Waals surface area contributed by atoms with Gasteiger partial charge in [0.1, 0.15) is 0 Å². The number of carbonyl (C=O) groups excluding carboxylic acids is 2. The summed E-state index contributed by atoms with van der Waals surface area (Å²) in [6.45, 7) is 1.98. The van der Waals surface area contributed by atoms with E-state index in [2.05, 4.69) is 10.9 Å². The van der Waals surface area contributed by atoms with Crippen LogP contribution < -0.4 is 10.9 Å². The van der Waals surface area contributed by atoms with E-state index in [4.69, 9.17) is 5.11 Å². The SMILES string of the molecule is O=C(CN1CCCCC1)NNC(=O)c1ccccc1C(=O)O. The first-order valence-corrected chi connectivity index (χ1v) is 7.22. The maximum Gasteiger partial charge on any atom is 0.336 e. The molecule has 0 unspecified atom stereocenters. The molecule has 2 rings (SSSR count). The quantitative estimate of drug-likeness (QED) is 0.709. The van der Waals surface area contributed by atoms with E-state index in [0.29, 0.717) is 0 Å². The lowest BCUT2D eigenvalue weighted by molar-refractivity contribution is -0.123. The van der Waals surface area contributed by atoms with Gasteiger partial charge < -0.3 is 5.11 Å². The number of carboxylic acid groups (broad SMARTS) is 1. The highest BCUT2D eigenvalue weighted by Gasteiger charge is 2.17. The summed E-state index contributed by atoms with van der Waals surface area (Å²) < 4.78 is 0. The van der Waals surface area contributed by atoms with E-state index in [1.54, 1.807) is 6.07 Å². The second kappa shape index (κ2) is 7.56. The van der Waals surface area contributed by atoms with E-state index >= 15 is 0 Å². The molecule has 3 N–H and O–H groups in total. The Morgan fingerprint density at radius 3 is 2.27 bits per heavy atom. The number of carboxylic acids is 1. The van der Waals surface area contributed by atoms with Crippen LogP contribution in [-0.2, 0) is 4.79 Å². The van der Waals surface area contributed by atoms with Crippen LogP contribution in [0.3, 0.4) is 0 Å². The zero-order valence-electron chi connectivity index (χ0n) is 12.2. The number of carbonyl (C=O) groups is 3. The van der Waals surface area contributed by atoms with Gasteiger partial charge in [0, 0.05) is 0 Å². The van der Waals surface area contributed by atoms with Gasteiger partial charge in [-0.2, -0.15) is 0 Å². The van der Waals surface area contributed by atoms with Crippen molar-refractivity contribution in [2.45, 2.75) is 19.3 Å². The predicted octanol–water partition coefficient (Wildman–Crippen LogP) is 0.632. The van der Waals surface area contributed by atoms with Gasteiger partial charge in [-0.3, -0.25) is 25.3 Å². The molecule has 1 aliphatic rings. The number of piperidine rings is 1. The molecule has 0 saturated carbocycles. The minimum absolute atomic E-state index is 0.00766. The number of hydrogen-bond acceptors (Lipinski definition) is 4. The largest absolute Gasteiger partial charge is 0.478 e. The van der Waals surface area contributed by atoms with Gasteiger partial charge in [0.05, 0.1) is 17.7 Å². The van der Waals surface area contributed by atoms with Crippen LogP contribution in [0, 0.1) is 0 Å². The van der Waals surface area contributed by atoms with E-state index in [0.717, 1.165) is 25.9 Å². The van der Waals surface area contributed by atoms with E-state index in [9.17, 15) is 14.4 Å². The zero-order chi connectivity index (χ0) is 15.9. The fourth-order valence-electron chi connectivity index (χ4n) is 2.42. The molecule has 1 saturated heterocycles. The summed E-state index contributed by atoms with van der Waals surface area (Å²) in [4.78, 5) is 36.8. The average Bonchev–Trinajstić information content (AvgIpc) is 2.53. The van der Waals surface area contributed by atoms with E-state index < -0.39 is 11.9 Å². The lowest BCUT2D eigenvalue weighted by Crippen LogP contribution is -2.47. The summed E-state index contributed by atoms with van der Waals surface area (Å²) in [6.07, 6.45) is 3.33. The van der Waals surface area contributed by atoms with Gasteiger partial charge >= 0.3 is 5.97 Å². The van der Waals surface area contributed by atoms with Crippen LogP contribution >= 0.6 is 0 Å². The number of rotatable bonds is 4. The lowest BCUT2D eigenvalue weighted by atomic mass is 10.1. The van der Waals surface area contributed by atoms with Gasteiger partial charge in [0.15, 0.2) is 0 Å². The van der Waals surface area contributed by atoms with Gasteiger partial charge in [-0.05, 0) is 38.1 Å². The Labute approximate surface area is 128 Å². The first-order chi connectivity index (χ1) is 10.6. The summed E-state index contributed by atoms with van der Waals surface area (Å²) in [6, 6.07) is 5.84. The summed E-state index contributed by atoms with van der Waals surface area (Å²) in [5.41, 5.74) is 4.48. The third-order valence-corrected chi connectivity index (χ3v) is 3.53. The van der Waals surface area contributed by atoms with Gasteiger partial charge in [-0.15, -0.1) is 0 Å². The second-order valence-electron chi connectivity index (χ2n) is 5.19. The Bertz CT molecular complexity index is 568. The highest BCUT2D eigenvalue weighted by Crippen LogP contribution is 2.09. The van der Waals surface area contributed by atoms with Crippen molar-refractivity contribution in [2.24, 2.45) is 0 Å². The Kier molecular flexibility index (Phi) is 5.48. The normalized spacial score (nSPS) is 15.1. The molecule has 0 aromatic heterocycles. The van der Waals surface area contributed by atoms with Crippen molar-refractivity contribution in [3.05, 3.63) is 35.4 Å². The highest BCUT2D eigenvalue weighted by molar-refractivity contribution is 6.05. The molecular weight excluding hydrogens is 286 g/mol. The molecule has 22 heavy (non-hydrogen) atoms. The van der Waals surface area contributed by atoms with Crippen LogP contribution in [0.2, 0.25) is 0 Å². The number of nitrogens with zero attached hydrogens (tertiary/aromatic N) is 1. The summed E-state index contributed by atoms with van der Waals surface area (Å²) in [5, 5.41) is 9.03. The van der Waals surface area contributed by atoms with Crippen LogP contribution in [0.4, 0.5) is 0 Å². The van der Waals surface area contributed by atoms with Crippen molar-refractivity contribution in [3.8, 4) is 0 Å². The van der Waals surface area contributed by atoms with Gasteiger partial charge in [0.2, 0.25) is 0 Å². The molecule has 0 radical (unpaired) electrons. The molecule has 1 fully saturated rings. The third-order valence-electron chi connectivity index (χ3n) is 3.53. The summed E-state index contributed by atoms with van der Waals surface area (Å²) in [5.74, 6) is -2.15. The van der Waals surface area contributed by atoms with Crippen molar-refractivity contribution < 1.29 is 19.5 Å². The van der Waals surface area contributed by atoms with Gasteiger partial charge in [-0.1, -0.05) is 18.6 Å². The molecule has 1 aliphatic heterocycles. The molecule has 0 bridgehead atoms. The second-order valence-corrected chi connectivity index (χ2v) is 5.19. The minimum Gasteiger partial charge on any atom is -0.478 e. The lowest BCUT2D eigenvalue weighted by Gasteiger charge is -2.25. The van der Waals surface area contributed by atoms with Crippen LogP contribution in [0.25, 0.3) is 0 Å². The Morgan fingerprint density at radius 1 is 1.00 bits per heavy atom. The molecular formula is C15H19N3O4. The highest BCUT2D eigenvalue weighted by atomic mass is 16.4. The summed E-state index contributed by atoms with van der Waals surface area (Å²) >= 11 is 0. The number of benzene rings is 1. The van der Waals surface area contributed by atoms with Crippen molar-refractivity contribution in [1.29, 1.82) is 0 Å². The third kappa shape index (κ3) is 4.29. The van der Waals surface area contributed by atoms with Crippen LogP contribution in [0.15, 0.2) is 24.3 Å². The molecule has 7 nitrogen and oxygen atoms in total. The maximum atomic E-state index is 12.0. The zero-order valence-corrected chi connectivity index (χ0v) is 12.2. The maximum absolute atomic E-state index is 12.0. The molecule has 0 spiro atoms. The number of amides is 2. The average molecular weight is 305 g/mol. The molecule has 1 aromatic carbocycles. The van der Waals surface area contributed by atoms with Crippen LogP contribution in [-0.4, -0.2) is 47.4 Å². The van der Waals surface area contributed by atoms with Gasteiger partial charge in [-0.25, -0.2) is 4.79 Å². The van der Waals surface area contributed by atoms with Crippen LogP contribution in [0.5, 0.6) is 0 Å². The van der Waals surface area contributed by atoms with E-state index in [1.165, 1.54) is 24.6 Å². The molecule has 0 atom stereocenters. The number of aromatic carboxylic acids is 1. The number of hydrazine groups is 1. The number of likely N-dealkylation sites (tertiary alicyclic amines) is 1. The predicted molar refractivity (Wildman–Crippen MR) is 79.3 cm³/mol.